The van der Waals surface area contributed by atoms with Crippen molar-refractivity contribution in [2.24, 2.45) is 7.05 Å². The van der Waals surface area contributed by atoms with Gasteiger partial charge < -0.3 is 11.5 Å². The number of nitrogens with zero attached hydrogens (tertiary/aromatic N) is 2. The van der Waals surface area contributed by atoms with Crippen LogP contribution in [0.1, 0.15) is 0 Å². The predicted octanol–water partition coefficient (Wildman–Crippen LogP) is 1.74. The van der Waals surface area contributed by atoms with E-state index < -0.39 is 0 Å². The first kappa shape index (κ1) is 9.92. The quantitative estimate of drug-likeness (QED) is 0.756. The first-order valence-electron chi connectivity index (χ1n) is 4.46. The maximum atomic E-state index is 5.72. The Hall–Kier alpha value is -1.62. The largest absolute Gasteiger partial charge is 0.397 e. The molecule has 0 aliphatic carbocycles. The van der Waals surface area contributed by atoms with E-state index in [1.807, 2.05) is 37.6 Å². The molecule has 0 atom stereocenters. The van der Waals surface area contributed by atoms with Gasteiger partial charge in [-0.05, 0) is 18.2 Å². The van der Waals surface area contributed by atoms with Crippen LogP contribution in [0, 0.1) is 0 Å². The Kier molecular flexibility index (Phi) is 2.55. The van der Waals surface area contributed by atoms with Gasteiger partial charge in [-0.15, -0.1) is 0 Å². The van der Waals surface area contributed by atoms with Crippen LogP contribution in [0.2, 0.25) is 0 Å². The topological polar surface area (TPSA) is 69.9 Å². The second kappa shape index (κ2) is 3.86. The van der Waals surface area contributed by atoms with Crippen LogP contribution in [0.4, 0.5) is 11.4 Å². The molecule has 0 aliphatic heterocycles. The van der Waals surface area contributed by atoms with Crippen LogP contribution in [-0.2, 0) is 7.05 Å². The van der Waals surface area contributed by atoms with Gasteiger partial charge in [-0.2, -0.15) is 5.10 Å². The predicted molar refractivity (Wildman–Crippen MR) is 62.6 cm³/mol. The average Bonchev–Trinajstić information content (AvgIpc) is 2.58. The van der Waals surface area contributed by atoms with Crippen molar-refractivity contribution in [1.29, 1.82) is 0 Å². The molecule has 1 heterocycles. The second-order valence-electron chi connectivity index (χ2n) is 3.24. The van der Waals surface area contributed by atoms with E-state index in [0.29, 0.717) is 11.4 Å². The smallest absolute Gasteiger partial charge is 0.0629 e. The van der Waals surface area contributed by atoms with E-state index in [-0.39, 0.29) is 0 Å². The molecule has 0 saturated heterocycles. The van der Waals surface area contributed by atoms with Gasteiger partial charge in [-0.25, -0.2) is 0 Å². The van der Waals surface area contributed by atoms with Crippen molar-refractivity contribution in [3.8, 4) is 0 Å². The number of aromatic nitrogens is 2. The molecule has 0 radical (unpaired) electrons. The number of benzene rings is 1. The van der Waals surface area contributed by atoms with Crippen LogP contribution in [0.15, 0.2) is 40.4 Å². The molecule has 0 bridgehead atoms. The van der Waals surface area contributed by atoms with Gasteiger partial charge in [0.1, 0.15) is 0 Å². The van der Waals surface area contributed by atoms with Crippen molar-refractivity contribution in [3.63, 3.8) is 0 Å². The average molecular weight is 220 g/mol. The minimum atomic E-state index is 0.615. The van der Waals surface area contributed by atoms with Crippen molar-refractivity contribution >= 4 is 23.1 Å². The molecule has 0 fully saturated rings. The second-order valence-corrected chi connectivity index (χ2v) is 4.39. The number of nitrogen functional groups attached to an aromatic ring is 2. The Morgan fingerprint density at radius 2 is 2.00 bits per heavy atom. The fourth-order valence-corrected chi connectivity index (χ4v) is 2.10. The molecule has 0 amide bonds. The maximum Gasteiger partial charge on any atom is 0.0629 e. The Bertz CT molecular complexity index is 478. The van der Waals surface area contributed by atoms with Gasteiger partial charge in [0.2, 0.25) is 0 Å². The number of nitrogens with two attached hydrogens (primary N) is 2. The summed E-state index contributed by atoms with van der Waals surface area (Å²) in [6.07, 6.45) is 3.77. The fraction of sp³-hybridized carbons (Fsp3) is 0.100. The lowest BCUT2D eigenvalue weighted by Gasteiger charge is -2.02. The van der Waals surface area contributed by atoms with Gasteiger partial charge in [0.25, 0.3) is 0 Å². The number of aryl methyl sites for hydroxylation is 1. The van der Waals surface area contributed by atoms with E-state index in [1.165, 1.54) is 0 Å². The molecule has 2 rings (SSSR count). The first-order chi connectivity index (χ1) is 7.15. The van der Waals surface area contributed by atoms with Crippen molar-refractivity contribution in [2.45, 2.75) is 9.79 Å². The number of hydrogen-bond acceptors (Lipinski definition) is 4. The summed E-state index contributed by atoms with van der Waals surface area (Å²) in [7, 11) is 1.89. The lowest BCUT2D eigenvalue weighted by molar-refractivity contribution is 0.766. The summed E-state index contributed by atoms with van der Waals surface area (Å²) in [4.78, 5) is 2.15. The molecule has 0 unspecified atom stereocenters. The van der Waals surface area contributed by atoms with E-state index in [9.17, 15) is 0 Å². The van der Waals surface area contributed by atoms with Crippen molar-refractivity contribution in [1.82, 2.24) is 9.78 Å². The molecule has 4 nitrogen and oxygen atoms in total. The summed E-state index contributed by atoms with van der Waals surface area (Å²) in [5.41, 5.74) is 12.6. The minimum Gasteiger partial charge on any atom is -0.397 e. The van der Waals surface area contributed by atoms with Crippen LogP contribution in [0.5, 0.6) is 0 Å². The van der Waals surface area contributed by atoms with Gasteiger partial charge in [-0.3, -0.25) is 4.68 Å². The molecule has 0 spiro atoms. The van der Waals surface area contributed by atoms with Crippen LogP contribution in [0.25, 0.3) is 0 Å². The summed E-state index contributed by atoms with van der Waals surface area (Å²) in [5.74, 6) is 0. The van der Waals surface area contributed by atoms with E-state index in [4.69, 9.17) is 11.5 Å². The van der Waals surface area contributed by atoms with Crippen molar-refractivity contribution in [3.05, 3.63) is 30.6 Å². The van der Waals surface area contributed by atoms with Crippen LogP contribution in [0.3, 0.4) is 0 Å². The summed E-state index contributed by atoms with van der Waals surface area (Å²) in [5, 5.41) is 4.09. The Morgan fingerprint density at radius 3 is 2.60 bits per heavy atom. The summed E-state index contributed by atoms with van der Waals surface area (Å²) >= 11 is 1.61. The minimum absolute atomic E-state index is 0.615. The van der Waals surface area contributed by atoms with Crippen LogP contribution >= 0.6 is 11.8 Å². The Morgan fingerprint density at radius 1 is 1.20 bits per heavy atom. The lowest BCUT2D eigenvalue weighted by atomic mass is 10.3. The SMILES string of the molecule is Cn1cc(Sc2ccc(N)c(N)c2)cn1. The zero-order valence-corrected chi connectivity index (χ0v) is 9.16. The molecule has 2 aromatic rings. The van der Waals surface area contributed by atoms with Gasteiger partial charge in [0, 0.05) is 18.1 Å². The highest BCUT2D eigenvalue weighted by molar-refractivity contribution is 7.99. The molecule has 78 valence electrons. The summed E-state index contributed by atoms with van der Waals surface area (Å²) in [6, 6.07) is 5.63. The van der Waals surface area contributed by atoms with Crippen LogP contribution in [-0.4, -0.2) is 9.78 Å². The molecule has 1 aromatic carbocycles. The molecule has 0 aliphatic rings. The van der Waals surface area contributed by atoms with Crippen molar-refractivity contribution < 1.29 is 0 Å². The molecule has 5 heteroatoms. The fourth-order valence-electron chi connectivity index (χ4n) is 1.20. The highest BCUT2D eigenvalue weighted by Crippen LogP contribution is 2.30. The van der Waals surface area contributed by atoms with E-state index >= 15 is 0 Å². The molecular formula is C10H12N4S. The van der Waals surface area contributed by atoms with Crippen LogP contribution < -0.4 is 11.5 Å². The molecule has 4 N–H and O–H groups in total. The normalized spacial score (nSPS) is 10.5. The van der Waals surface area contributed by atoms with Gasteiger partial charge in [0.05, 0.1) is 22.5 Å². The number of hydrogen-bond donors (Lipinski definition) is 2. The zero-order valence-electron chi connectivity index (χ0n) is 8.34. The first-order valence-corrected chi connectivity index (χ1v) is 5.28. The zero-order chi connectivity index (χ0) is 10.8. The van der Waals surface area contributed by atoms with E-state index in [2.05, 4.69) is 5.10 Å². The standard InChI is InChI=1S/C10H12N4S/c1-14-6-8(5-13-14)15-7-2-3-9(11)10(12)4-7/h2-6H,11-12H2,1H3. The molecule has 1 aromatic heterocycles. The van der Waals surface area contributed by atoms with Crippen molar-refractivity contribution in [2.75, 3.05) is 11.5 Å². The number of rotatable bonds is 2. The monoisotopic (exact) mass is 220 g/mol. The molecular weight excluding hydrogens is 208 g/mol. The third-order valence-corrected chi connectivity index (χ3v) is 2.91. The van der Waals surface area contributed by atoms with Gasteiger partial charge in [-0.1, -0.05) is 11.8 Å². The lowest BCUT2D eigenvalue weighted by Crippen LogP contribution is -1.93. The van der Waals surface area contributed by atoms with Gasteiger partial charge >= 0.3 is 0 Å². The van der Waals surface area contributed by atoms with Gasteiger partial charge in [0.15, 0.2) is 0 Å². The Balaban J connectivity index is 2.21. The summed E-state index contributed by atoms with van der Waals surface area (Å²) in [6.45, 7) is 0. The van der Waals surface area contributed by atoms with E-state index in [1.54, 1.807) is 16.4 Å². The highest BCUT2D eigenvalue weighted by atomic mass is 32.2. The highest BCUT2D eigenvalue weighted by Gasteiger charge is 2.01. The maximum absolute atomic E-state index is 5.72. The Labute approximate surface area is 92.3 Å². The summed E-state index contributed by atoms with van der Waals surface area (Å²) < 4.78 is 1.77. The third kappa shape index (κ3) is 2.24. The molecule has 0 saturated carbocycles. The molecule has 15 heavy (non-hydrogen) atoms. The third-order valence-electron chi connectivity index (χ3n) is 1.98. The van der Waals surface area contributed by atoms with E-state index in [0.717, 1.165) is 9.79 Å². The number of anilines is 2.